The van der Waals surface area contributed by atoms with Gasteiger partial charge in [-0.05, 0) is 61.7 Å². The summed E-state index contributed by atoms with van der Waals surface area (Å²) in [6.45, 7) is 2.35. The number of carbonyl (C=O) groups excluding carboxylic acids is 4. The van der Waals surface area contributed by atoms with Crippen LogP contribution in [0.15, 0.2) is 85.2 Å². The van der Waals surface area contributed by atoms with Crippen LogP contribution in [-0.4, -0.2) is 71.6 Å². The Morgan fingerprint density at radius 1 is 0.702 bits per heavy atom. The number of nitrogens with one attached hydrogen (secondary N) is 2. The highest BCUT2D eigenvalue weighted by molar-refractivity contribution is 6.28. The molecular weight excluding hydrogens is 590 g/mol. The van der Waals surface area contributed by atoms with Crippen LogP contribution in [-0.2, 0) is 4.79 Å². The van der Waals surface area contributed by atoms with E-state index >= 15 is 0 Å². The van der Waals surface area contributed by atoms with Crippen LogP contribution in [0.25, 0.3) is 21.8 Å². The van der Waals surface area contributed by atoms with Gasteiger partial charge < -0.3 is 15.1 Å². The maximum atomic E-state index is 13.0. The lowest BCUT2D eigenvalue weighted by molar-refractivity contribution is -0.890. The monoisotopic (exact) mass is 628 g/mol. The van der Waals surface area contributed by atoms with Gasteiger partial charge in [-0.3, -0.25) is 29.1 Å². The molecule has 0 unspecified atom stereocenters. The van der Waals surface area contributed by atoms with Crippen LogP contribution in [0.1, 0.15) is 74.3 Å². The van der Waals surface area contributed by atoms with Crippen molar-refractivity contribution in [1.29, 1.82) is 0 Å². The molecule has 9 heteroatoms. The first-order valence-corrected chi connectivity index (χ1v) is 16.1. The summed E-state index contributed by atoms with van der Waals surface area (Å²) in [5.41, 5.74) is 4.09. The Morgan fingerprint density at radius 3 is 2.17 bits per heavy atom. The van der Waals surface area contributed by atoms with Crippen molar-refractivity contribution in [1.82, 2.24) is 15.3 Å². The van der Waals surface area contributed by atoms with E-state index in [0.717, 1.165) is 70.7 Å². The van der Waals surface area contributed by atoms with E-state index < -0.39 is 0 Å². The second kappa shape index (κ2) is 13.6. The Hall–Kier alpha value is -5.28. The number of quaternary nitrogens is 1. The van der Waals surface area contributed by atoms with E-state index in [1.54, 1.807) is 48.8 Å². The molecule has 0 saturated carbocycles. The molecule has 2 N–H and O–H groups in total. The summed E-state index contributed by atoms with van der Waals surface area (Å²) in [4.78, 5) is 60.5. The third-order valence-electron chi connectivity index (χ3n) is 8.82. The number of pyridine rings is 2. The molecule has 0 radical (unpaired) electrons. The maximum Gasteiger partial charge on any atom is 0.251 e. The van der Waals surface area contributed by atoms with Crippen LogP contribution in [0, 0.1) is 0 Å². The van der Waals surface area contributed by atoms with E-state index in [-0.39, 0.29) is 28.9 Å². The molecule has 2 heterocycles. The number of unbranched alkanes of at least 4 members (excludes halogenated alkanes) is 2. The fourth-order valence-corrected chi connectivity index (χ4v) is 6.26. The highest BCUT2D eigenvalue weighted by Crippen LogP contribution is 2.30. The van der Waals surface area contributed by atoms with E-state index in [0.29, 0.717) is 35.2 Å². The molecule has 0 fully saturated rings. The Labute approximate surface area is 273 Å². The van der Waals surface area contributed by atoms with E-state index in [2.05, 4.69) is 34.7 Å². The number of hydrogen-bond donors (Lipinski definition) is 2. The van der Waals surface area contributed by atoms with Gasteiger partial charge in [-0.15, -0.1) is 0 Å². The molecule has 3 aromatic carbocycles. The number of ketones is 2. The van der Waals surface area contributed by atoms with Crippen LogP contribution in [0.4, 0.5) is 5.69 Å². The van der Waals surface area contributed by atoms with Gasteiger partial charge in [0.1, 0.15) is 0 Å². The SMILES string of the molecule is C[N+](C)(CCCCCC(=O)Nc1cc2cccnc2c2ncccc12)CCCNC(=O)c1ccc2c(c1)C(=O)c1ccccc1C2=O. The average Bonchev–Trinajstić information content (AvgIpc) is 3.08. The zero-order chi connectivity index (χ0) is 33.0. The van der Waals surface area contributed by atoms with Gasteiger partial charge in [-0.25, -0.2) is 0 Å². The Morgan fingerprint density at radius 2 is 1.38 bits per heavy atom. The van der Waals surface area contributed by atoms with Crippen LogP contribution < -0.4 is 10.6 Å². The normalized spacial score (nSPS) is 12.6. The molecule has 0 saturated heterocycles. The molecule has 0 spiro atoms. The predicted octanol–water partition coefficient (Wildman–Crippen LogP) is 5.95. The summed E-state index contributed by atoms with van der Waals surface area (Å²) in [5.74, 6) is -0.711. The molecule has 0 atom stereocenters. The number of rotatable bonds is 12. The first kappa shape index (κ1) is 31.7. The smallest absolute Gasteiger partial charge is 0.251 e. The van der Waals surface area contributed by atoms with Gasteiger partial charge in [0, 0.05) is 70.4 Å². The van der Waals surface area contributed by atoms with Crippen molar-refractivity contribution < 1.29 is 23.7 Å². The van der Waals surface area contributed by atoms with Crippen molar-refractivity contribution in [2.24, 2.45) is 0 Å². The van der Waals surface area contributed by atoms with E-state index in [4.69, 9.17) is 0 Å². The zero-order valence-electron chi connectivity index (χ0n) is 26.7. The average molecular weight is 629 g/mol. The third kappa shape index (κ3) is 6.95. The first-order chi connectivity index (χ1) is 22.7. The molecule has 5 aromatic rings. The summed E-state index contributed by atoms with van der Waals surface area (Å²) in [6, 6.07) is 21.1. The minimum atomic E-state index is -0.264. The Bertz CT molecular complexity index is 2020. The number of nitrogens with zero attached hydrogens (tertiary/aromatic N) is 3. The quantitative estimate of drug-likeness (QED) is 0.0982. The van der Waals surface area contributed by atoms with Crippen molar-refractivity contribution >= 4 is 50.9 Å². The van der Waals surface area contributed by atoms with Crippen molar-refractivity contribution in [2.75, 3.05) is 39.0 Å². The number of fused-ring (bicyclic) bond motifs is 5. The number of amides is 2. The third-order valence-corrected chi connectivity index (χ3v) is 8.82. The first-order valence-electron chi connectivity index (χ1n) is 16.1. The van der Waals surface area contributed by atoms with Gasteiger partial charge in [0.05, 0.1) is 43.9 Å². The summed E-state index contributed by atoms with van der Waals surface area (Å²) in [5, 5.41) is 7.86. The fraction of sp³-hybridized carbons (Fsp3) is 0.263. The second-order valence-corrected chi connectivity index (χ2v) is 12.7. The lowest BCUT2D eigenvalue weighted by Crippen LogP contribution is -2.42. The molecule has 2 amide bonds. The number of anilines is 1. The minimum absolute atomic E-state index is 0.0115. The molecule has 47 heavy (non-hydrogen) atoms. The molecule has 1 aliphatic carbocycles. The predicted molar refractivity (Wildman–Crippen MR) is 183 cm³/mol. The largest absolute Gasteiger partial charge is 0.352 e. The van der Waals surface area contributed by atoms with Crippen LogP contribution in [0.3, 0.4) is 0 Å². The van der Waals surface area contributed by atoms with Crippen LogP contribution in [0.2, 0.25) is 0 Å². The summed E-state index contributed by atoms with van der Waals surface area (Å²) in [7, 11) is 4.35. The summed E-state index contributed by atoms with van der Waals surface area (Å²) < 4.78 is 0.807. The highest BCUT2D eigenvalue weighted by Gasteiger charge is 2.30. The van der Waals surface area contributed by atoms with Crippen LogP contribution >= 0.6 is 0 Å². The van der Waals surface area contributed by atoms with Gasteiger partial charge in [-0.1, -0.05) is 30.3 Å². The Kier molecular flexibility index (Phi) is 9.17. The summed E-state index contributed by atoms with van der Waals surface area (Å²) >= 11 is 0. The maximum absolute atomic E-state index is 13.0. The van der Waals surface area contributed by atoms with E-state index in [1.165, 1.54) is 6.07 Å². The number of hydrogen-bond acceptors (Lipinski definition) is 6. The number of carbonyl (C=O) groups is 4. The van der Waals surface area contributed by atoms with Crippen molar-refractivity contribution in [3.8, 4) is 0 Å². The topological polar surface area (TPSA) is 118 Å². The minimum Gasteiger partial charge on any atom is -0.352 e. The Balaban J connectivity index is 0.918. The van der Waals surface area contributed by atoms with Gasteiger partial charge in [-0.2, -0.15) is 0 Å². The summed E-state index contributed by atoms with van der Waals surface area (Å²) in [6.07, 6.45) is 7.46. The van der Waals surface area contributed by atoms with E-state index in [1.807, 2.05) is 30.3 Å². The fourth-order valence-electron chi connectivity index (χ4n) is 6.26. The van der Waals surface area contributed by atoms with Gasteiger partial charge in [0.25, 0.3) is 5.91 Å². The van der Waals surface area contributed by atoms with Gasteiger partial charge >= 0.3 is 0 Å². The standard InChI is InChI=1S/C38H37N5O4/c1-43(2,21-7-3-4-15-33(44)42-32-24-25-11-8-18-39-34(25)35-30(32)14-9-19-40-35)22-10-20-41-38(47)26-16-17-29-31(23-26)37(46)28-13-6-5-12-27(28)36(29)45/h5-6,8-9,11-14,16-19,23-24H,3-4,7,10,15,20-22H2,1-2H3,(H-,40,41,42,44,47)/p+1. The molecule has 0 aliphatic heterocycles. The van der Waals surface area contributed by atoms with Gasteiger partial charge in [0.2, 0.25) is 5.91 Å². The van der Waals surface area contributed by atoms with Crippen LogP contribution in [0.5, 0.6) is 0 Å². The van der Waals surface area contributed by atoms with Crippen molar-refractivity contribution in [3.63, 3.8) is 0 Å². The van der Waals surface area contributed by atoms with Crippen molar-refractivity contribution in [3.05, 3.63) is 113 Å². The molecule has 2 aromatic heterocycles. The molecule has 6 rings (SSSR count). The number of aromatic nitrogens is 2. The van der Waals surface area contributed by atoms with Crippen molar-refractivity contribution in [2.45, 2.75) is 32.1 Å². The lowest BCUT2D eigenvalue weighted by Gasteiger charge is -2.30. The lowest BCUT2D eigenvalue weighted by atomic mass is 9.83. The number of benzene rings is 3. The molecule has 9 nitrogen and oxygen atoms in total. The van der Waals surface area contributed by atoms with E-state index in [9.17, 15) is 19.2 Å². The zero-order valence-corrected chi connectivity index (χ0v) is 26.7. The molecule has 1 aliphatic rings. The second-order valence-electron chi connectivity index (χ2n) is 12.7. The highest BCUT2D eigenvalue weighted by atomic mass is 16.2. The van der Waals surface area contributed by atoms with Gasteiger partial charge in [0.15, 0.2) is 11.6 Å². The molecule has 238 valence electrons. The molecular formula is C38H38N5O4+. The molecule has 0 bridgehead atoms.